The smallest absolute Gasteiger partial charge is 0.405 e. The molecule has 0 aromatic heterocycles. The van der Waals surface area contributed by atoms with Crippen molar-refractivity contribution < 1.29 is 36.3 Å². The second-order valence-corrected chi connectivity index (χ2v) is 7.68. The van der Waals surface area contributed by atoms with Crippen LogP contribution in [0, 0.1) is 5.92 Å². The molecule has 1 aromatic rings. The molecule has 146 valence electrons. The Morgan fingerprint density at radius 2 is 1.85 bits per heavy atom. The number of amides is 1. The molecule has 1 aromatic carbocycles. The van der Waals surface area contributed by atoms with Crippen molar-refractivity contribution in [1.29, 1.82) is 0 Å². The van der Waals surface area contributed by atoms with Crippen LogP contribution >= 0.6 is 0 Å². The molecule has 0 saturated heterocycles. The van der Waals surface area contributed by atoms with Crippen LogP contribution in [0.1, 0.15) is 30.6 Å². The van der Waals surface area contributed by atoms with Crippen molar-refractivity contribution in [3.05, 3.63) is 29.8 Å². The molecule has 26 heavy (non-hydrogen) atoms. The molecule has 0 radical (unpaired) electrons. The lowest BCUT2D eigenvalue weighted by Gasteiger charge is -2.17. The molecule has 7 nitrogen and oxygen atoms in total. The first-order valence-corrected chi connectivity index (χ1v) is 9.00. The molecular formula is C15H19F3N2O5S. The maximum atomic E-state index is 12.3. The van der Waals surface area contributed by atoms with E-state index in [0.29, 0.717) is 0 Å². The standard InChI is InChI=1S/C15H19F3N2O5S/c1-9(2)6-12(14(22)23)20-26(24,25)11-5-3-4-10(7-11)13(21)19-8-15(16,17)18/h3-5,7,9,12,20H,6,8H2,1-2H3,(H,19,21)(H,22,23)/t12-/m1/s1. The Kier molecular flexibility index (Phi) is 7.16. The third-order valence-electron chi connectivity index (χ3n) is 3.16. The Bertz CT molecular complexity index is 763. The van der Waals surface area contributed by atoms with Gasteiger partial charge in [-0.2, -0.15) is 17.9 Å². The van der Waals surface area contributed by atoms with E-state index in [2.05, 4.69) is 0 Å². The molecule has 0 unspecified atom stereocenters. The number of carboxylic acids is 1. The largest absolute Gasteiger partial charge is 0.480 e. The number of hydrogen-bond donors (Lipinski definition) is 3. The fourth-order valence-electron chi connectivity index (χ4n) is 2.01. The number of benzene rings is 1. The summed E-state index contributed by atoms with van der Waals surface area (Å²) in [6, 6.07) is 2.94. The Morgan fingerprint density at radius 1 is 1.23 bits per heavy atom. The lowest BCUT2D eigenvalue weighted by molar-refractivity contribution is -0.139. The predicted octanol–water partition coefficient (Wildman–Crippen LogP) is 1.76. The van der Waals surface area contributed by atoms with Gasteiger partial charge in [-0.15, -0.1) is 0 Å². The monoisotopic (exact) mass is 396 g/mol. The average molecular weight is 396 g/mol. The summed E-state index contributed by atoms with van der Waals surface area (Å²) in [7, 11) is -4.28. The summed E-state index contributed by atoms with van der Waals surface area (Å²) in [5, 5.41) is 10.8. The zero-order valence-corrected chi connectivity index (χ0v) is 14.8. The van der Waals surface area contributed by atoms with Gasteiger partial charge in [0.15, 0.2) is 0 Å². The van der Waals surface area contributed by atoms with Crippen LogP contribution in [0.5, 0.6) is 0 Å². The lowest BCUT2D eigenvalue weighted by Crippen LogP contribution is -2.41. The number of aliphatic carboxylic acids is 1. The summed E-state index contributed by atoms with van der Waals surface area (Å²) in [6.07, 6.45) is -4.56. The molecular weight excluding hydrogens is 377 g/mol. The van der Waals surface area contributed by atoms with E-state index in [1.165, 1.54) is 6.07 Å². The number of alkyl halides is 3. The highest BCUT2D eigenvalue weighted by molar-refractivity contribution is 7.89. The van der Waals surface area contributed by atoms with Crippen molar-refractivity contribution in [2.45, 2.75) is 37.4 Å². The highest BCUT2D eigenvalue weighted by Gasteiger charge is 2.29. The average Bonchev–Trinajstić information content (AvgIpc) is 2.50. The van der Waals surface area contributed by atoms with Gasteiger partial charge in [-0.1, -0.05) is 19.9 Å². The van der Waals surface area contributed by atoms with Gasteiger partial charge in [-0.25, -0.2) is 8.42 Å². The fourth-order valence-corrected chi connectivity index (χ4v) is 3.26. The van der Waals surface area contributed by atoms with Crippen molar-refractivity contribution in [3.8, 4) is 0 Å². The molecule has 0 spiro atoms. The van der Waals surface area contributed by atoms with E-state index in [-0.39, 0.29) is 17.9 Å². The van der Waals surface area contributed by atoms with Crippen LogP contribution in [-0.2, 0) is 14.8 Å². The van der Waals surface area contributed by atoms with E-state index in [9.17, 15) is 31.2 Å². The van der Waals surface area contributed by atoms with Crippen LogP contribution < -0.4 is 10.0 Å². The molecule has 0 saturated carbocycles. The third-order valence-corrected chi connectivity index (χ3v) is 4.63. The molecule has 0 fully saturated rings. The molecule has 0 heterocycles. The number of carbonyl (C=O) groups is 2. The highest BCUT2D eigenvalue weighted by atomic mass is 32.2. The number of carbonyl (C=O) groups excluding carboxylic acids is 1. The quantitative estimate of drug-likeness (QED) is 0.620. The van der Waals surface area contributed by atoms with Crippen LogP contribution in [-0.4, -0.2) is 44.2 Å². The fraction of sp³-hybridized carbons (Fsp3) is 0.467. The summed E-state index contributed by atoms with van der Waals surface area (Å²) in [4.78, 5) is 22.5. The van der Waals surface area contributed by atoms with Crippen LogP contribution in [0.3, 0.4) is 0 Å². The van der Waals surface area contributed by atoms with Crippen molar-refractivity contribution in [2.24, 2.45) is 5.92 Å². The summed E-state index contributed by atoms with van der Waals surface area (Å²) in [5.41, 5.74) is -0.298. The molecule has 11 heteroatoms. The van der Waals surface area contributed by atoms with Gasteiger partial charge in [0.25, 0.3) is 5.91 Å². The van der Waals surface area contributed by atoms with Gasteiger partial charge < -0.3 is 10.4 Å². The number of carboxylic acid groups (broad SMARTS) is 1. The van der Waals surface area contributed by atoms with E-state index in [0.717, 1.165) is 18.2 Å². The van der Waals surface area contributed by atoms with Gasteiger partial charge >= 0.3 is 12.1 Å². The summed E-state index contributed by atoms with van der Waals surface area (Å²) in [6.45, 7) is 1.88. The van der Waals surface area contributed by atoms with E-state index in [1.807, 2.05) is 4.72 Å². The number of hydrogen-bond acceptors (Lipinski definition) is 4. The molecule has 0 aliphatic heterocycles. The normalized spacial score (nSPS) is 13.5. The van der Waals surface area contributed by atoms with Gasteiger partial charge in [-0.05, 0) is 30.5 Å². The lowest BCUT2D eigenvalue weighted by atomic mass is 10.1. The number of nitrogens with one attached hydrogen (secondary N) is 2. The first-order chi connectivity index (χ1) is 11.8. The Balaban J connectivity index is 3.00. The molecule has 1 amide bonds. The molecule has 3 N–H and O–H groups in total. The number of rotatable bonds is 8. The summed E-state index contributed by atoms with van der Waals surface area (Å²) < 4.78 is 63.1. The first-order valence-electron chi connectivity index (χ1n) is 7.52. The third kappa shape index (κ3) is 7.00. The molecule has 0 aliphatic rings. The molecule has 1 rings (SSSR count). The van der Waals surface area contributed by atoms with Crippen molar-refractivity contribution >= 4 is 21.9 Å². The minimum absolute atomic E-state index is 0.0420. The maximum Gasteiger partial charge on any atom is 0.405 e. The van der Waals surface area contributed by atoms with Gasteiger partial charge in [0.2, 0.25) is 10.0 Å². The Labute approximate surface area is 148 Å². The minimum Gasteiger partial charge on any atom is -0.480 e. The van der Waals surface area contributed by atoms with Crippen molar-refractivity contribution in [2.75, 3.05) is 6.54 Å². The summed E-state index contributed by atoms with van der Waals surface area (Å²) >= 11 is 0. The number of sulfonamides is 1. The Hall–Kier alpha value is -2.14. The van der Waals surface area contributed by atoms with Gasteiger partial charge in [0.1, 0.15) is 12.6 Å². The zero-order chi connectivity index (χ0) is 20.1. The van der Waals surface area contributed by atoms with Gasteiger partial charge in [-0.3, -0.25) is 9.59 Å². The van der Waals surface area contributed by atoms with Crippen LogP contribution in [0.25, 0.3) is 0 Å². The maximum absolute atomic E-state index is 12.3. The second-order valence-electron chi connectivity index (χ2n) is 5.97. The van der Waals surface area contributed by atoms with Gasteiger partial charge in [0, 0.05) is 5.56 Å². The predicted molar refractivity (Wildman–Crippen MR) is 86.0 cm³/mol. The van der Waals surface area contributed by atoms with E-state index in [4.69, 9.17) is 5.11 Å². The highest BCUT2D eigenvalue weighted by Crippen LogP contribution is 2.16. The van der Waals surface area contributed by atoms with Crippen LogP contribution in [0.15, 0.2) is 29.2 Å². The Morgan fingerprint density at radius 3 is 2.35 bits per heavy atom. The SMILES string of the molecule is CC(C)C[C@@H](NS(=O)(=O)c1cccc(C(=O)NCC(F)(F)F)c1)C(=O)O. The van der Waals surface area contributed by atoms with E-state index < -0.39 is 45.6 Å². The minimum atomic E-state index is -4.60. The molecule has 0 aliphatic carbocycles. The number of halogens is 3. The molecule has 1 atom stereocenters. The van der Waals surface area contributed by atoms with Gasteiger partial charge in [0.05, 0.1) is 4.90 Å². The zero-order valence-electron chi connectivity index (χ0n) is 14.0. The van der Waals surface area contributed by atoms with Crippen molar-refractivity contribution in [1.82, 2.24) is 10.0 Å². The van der Waals surface area contributed by atoms with E-state index in [1.54, 1.807) is 19.2 Å². The topological polar surface area (TPSA) is 113 Å². The second kappa shape index (κ2) is 8.49. The van der Waals surface area contributed by atoms with Crippen LogP contribution in [0.4, 0.5) is 13.2 Å². The first kappa shape index (κ1) is 21.9. The molecule has 0 bridgehead atoms. The van der Waals surface area contributed by atoms with E-state index >= 15 is 0 Å². The van der Waals surface area contributed by atoms with Crippen LogP contribution in [0.2, 0.25) is 0 Å². The summed E-state index contributed by atoms with van der Waals surface area (Å²) in [5.74, 6) is -2.56. The van der Waals surface area contributed by atoms with Crippen molar-refractivity contribution in [3.63, 3.8) is 0 Å².